The number of aromatic nitrogens is 2. The van der Waals surface area contributed by atoms with Crippen LogP contribution in [0.1, 0.15) is 25.2 Å². The Balaban J connectivity index is 1.85. The maximum absolute atomic E-state index is 13.7. The van der Waals surface area contributed by atoms with Crippen LogP contribution in [0.25, 0.3) is 11.0 Å². The maximum Gasteiger partial charge on any atom is 0.123 e. The van der Waals surface area contributed by atoms with Gasteiger partial charge in [-0.2, -0.15) is 0 Å². The average molecular weight is 371 g/mol. The summed E-state index contributed by atoms with van der Waals surface area (Å²) < 4.78 is 21.5. The van der Waals surface area contributed by atoms with Crippen molar-refractivity contribution in [2.75, 3.05) is 5.32 Å². The zero-order valence-electron chi connectivity index (χ0n) is 15.3. The number of ether oxygens (including phenoxy) is 1. The lowest BCUT2D eigenvalue weighted by molar-refractivity contribution is 0.240. The van der Waals surface area contributed by atoms with Crippen molar-refractivity contribution in [3.8, 4) is 5.75 Å². The van der Waals surface area contributed by atoms with Gasteiger partial charge in [0.2, 0.25) is 0 Å². The van der Waals surface area contributed by atoms with Crippen LogP contribution in [-0.4, -0.2) is 20.6 Å². The molecule has 0 unspecified atom stereocenters. The molecule has 0 saturated heterocycles. The lowest BCUT2D eigenvalue weighted by atomic mass is 10.1. The molecule has 1 heterocycles. The van der Waals surface area contributed by atoms with Gasteiger partial charge in [0, 0.05) is 19.0 Å². The second kappa shape index (κ2) is 7.41. The van der Waals surface area contributed by atoms with E-state index in [0.717, 1.165) is 28.1 Å². The molecule has 0 aliphatic rings. The van der Waals surface area contributed by atoms with Crippen molar-refractivity contribution in [2.24, 2.45) is 7.05 Å². The number of rotatable bonds is 5. The van der Waals surface area contributed by atoms with Gasteiger partial charge in [-0.25, -0.2) is 9.37 Å². The number of hydrogen-bond donors (Lipinski definition) is 1. The highest BCUT2D eigenvalue weighted by atomic mass is 32.1. The Hall–Kier alpha value is -2.47. The Labute approximate surface area is 158 Å². The molecular weight excluding hydrogens is 349 g/mol. The third-order valence-corrected chi connectivity index (χ3v) is 4.37. The second-order valence-electron chi connectivity index (χ2n) is 6.53. The highest BCUT2D eigenvalue weighted by Gasteiger charge is 2.13. The fourth-order valence-corrected chi connectivity index (χ4v) is 3.17. The van der Waals surface area contributed by atoms with E-state index >= 15 is 0 Å². The third-order valence-electron chi connectivity index (χ3n) is 4.13. The molecule has 0 spiro atoms. The first kappa shape index (κ1) is 18.3. The molecule has 0 bridgehead atoms. The SMILES string of the molecule is Cc1nc2cccc(NC(=S)Cc3cc(F)ccc3OC(C)C)c2n1C. The van der Waals surface area contributed by atoms with Gasteiger partial charge in [0.05, 0.1) is 27.8 Å². The van der Waals surface area contributed by atoms with Crippen LogP contribution in [0.5, 0.6) is 5.75 Å². The number of thiocarbonyl (C=S) groups is 1. The lowest BCUT2D eigenvalue weighted by Gasteiger charge is -2.16. The minimum Gasteiger partial charge on any atom is -0.491 e. The molecule has 1 aromatic heterocycles. The topological polar surface area (TPSA) is 39.1 Å². The summed E-state index contributed by atoms with van der Waals surface area (Å²) >= 11 is 5.53. The van der Waals surface area contributed by atoms with Crippen LogP contribution in [-0.2, 0) is 13.5 Å². The lowest BCUT2D eigenvalue weighted by Crippen LogP contribution is -2.15. The van der Waals surface area contributed by atoms with E-state index in [1.807, 2.05) is 50.6 Å². The first-order valence-corrected chi connectivity index (χ1v) is 8.93. The smallest absolute Gasteiger partial charge is 0.123 e. The highest BCUT2D eigenvalue weighted by Crippen LogP contribution is 2.26. The van der Waals surface area contributed by atoms with Crippen LogP contribution in [0.2, 0.25) is 0 Å². The summed E-state index contributed by atoms with van der Waals surface area (Å²) in [7, 11) is 1.97. The molecule has 2 aromatic carbocycles. The number of fused-ring (bicyclic) bond motifs is 1. The molecule has 0 saturated carbocycles. The van der Waals surface area contributed by atoms with Gasteiger partial charge in [-0.1, -0.05) is 18.3 Å². The Bertz CT molecular complexity index is 965. The van der Waals surface area contributed by atoms with Crippen molar-refractivity contribution < 1.29 is 9.13 Å². The number of benzene rings is 2. The molecule has 0 amide bonds. The minimum absolute atomic E-state index is 0.00640. The molecule has 0 aliphatic heterocycles. The van der Waals surface area contributed by atoms with E-state index in [0.29, 0.717) is 17.2 Å². The van der Waals surface area contributed by atoms with E-state index < -0.39 is 0 Å². The maximum atomic E-state index is 13.7. The van der Waals surface area contributed by atoms with Crippen LogP contribution in [0.4, 0.5) is 10.1 Å². The zero-order valence-corrected chi connectivity index (χ0v) is 16.2. The highest BCUT2D eigenvalue weighted by molar-refractivity contribution is 7.80. The van der Waals surface area contributed by atoms with Crippen LogP contribution >= 0.6 is 12.2 Å². The summed E-state index contributed by atoms with van der Waals surface area (Å²) in [4.78, 5) is 5.13. The fourth-order valence-electron chi connectivity index (χ4n) is 2.91. The molecule has 136 valence electrons. The standard InChI is InChI=1S/C20H22FN3OS/c1-12(2)25-18-9-8-15(21)10-14(18)11-19(26)23-17-7-5-6-16-20(17)24(4)13(3)22-16/h5-10,12H,11H2,1-4H3,(H,23,26). The van der Waals surface area contributed by atoms with Crippen LogP contribution in [0, 0.1) is 12.7 Å². The van der Waals surface area contributed by atoms with Crippen molar-refractivity contribution in [3.05, 3.63) is 53.6 Å². The molecule has 1 N–H and O–H groups in total. The summed E-state index contributed by atoms with van der Waals surface area (Å²) in [5, 5.41) is 3.28. The summed E-state index contributed by atoms with van der Waals surface area (Å²) in [6, 6.07) is 10.4. The number of nitrogens with zero attached hydrogens (tertiary/aromatic N) is 2. The van der Waals surface area contributed by atoms with E-state index in [1.54, 1.807) is 6.07 Å². The largest absolute Gasteiger partial charge is 0.491 e. The number of nitrogens with one attached hydrogen (secondary N) is 1. The van der Waals surface area contributed by atoms with Crippen molar-refractivity contribution in [1.29, 1.82) is 0 Å². The first-order valence-electron chi connectivity index (χ1n) is 8.52. The molecule has 0 fully saturated rings. The van der Waals surface area contributed by atoms with Gasteiger partial charge in [0.1, 0.15) is 17.4 Å². The predicted molar refractivity (Wildman–Crippen MR) is 108 cm³/mol. The van der Waals surface area contributed by atoms with Crippen molar-refractivity contribution in [1.82, 2.24) is 9.55 Å². The third kappa shape index (κ3) is 3.85. The van der Waals surface area contributed by atoms with E-state index in [1.165, 1.54) is 12.1 Å². The van der Waals surface area contributed by atoms with Crippen molar-refractivity contribution in [3.63, 3.8) is 0 Å². The van der Waals surface area contributed by atoms with E-state index in [4.69, 9.17) is 17.0 Å². The fraction of sp³-hybridized carbons (Fsp3) is 0.300. The molecule has 26 heavy (non-hydrogen) atoms. The number of aryl methyl sites for hydroxylation is 2. The Kier molecular flexibility index (Phi) is 5.23. The minimum atomic E-state index is -0.303. The number of halogens is 1. The van der Waals surface area contributed by atoms with E-state index in [2.05, 4.69) is 10.3 Å². The van der Waals surface area contributed by atoms with E-state index in [-0.39, 0.29) is 11.9 Å². The van der Waals surface area contributed by atoms with Gasteiger partial charge in [-0.15, -0.1) is 0 Å². The molecule has 0 aliphatic carbocycles. The normalized spacial score (nSPS) is 11.2. The van der Waals surface area contributed by atoms with Gasteiger partial charge in [0.25, 0.3) is 0 Å². The number of hydrogen-bond acceptors (Lipinski definition) is 3. The average Bonchev–Trinajstić information content (AvgIpc) is 2.85. The van der Waals surface area contributed by atoms with Gasteiger partial charge in [0.15, 0.2) is 0 Å². The molecular formula is C20H22FN3OS. The second-order valence-corrected chi connectivity index (χ2v) is 7.03. The van der Waals surface area contributed by atoms with Crippen LogP contribution < -0.4 is 10.1 Å². The summed E-state index contributed by atoms with van der Waals surface area (Å²) in [6.07, 6.45) is 0.398. The van der Waals surface area contributed by atoms with Gasteiger partial charge < -0.3 is 14.6 Å². The van der Waals surface area contributed by atoms with Gasteiger partial charge in [-0.3, -0.25) is 0 Å². The Morgan fingerprint density at radius 1 is 1.31 bits per heavy atom. The molecule has 3 rings (SSSR count). The molecule has 6 heteroatoms. The van der Waals surface area contributed by atoms with Gasteiger partial charge >= 0.3 is 0 Å². The van der Waals surface area contributed by atoms with Crippen molar-refractivity contribution in [2.45, 2.75) is 33.3 Å². The molecule has 0 atom stereocenters. The summed E-state index contributed by atoms with van der Waals surface area (Å²) in [6.45, 7) is 5.84. The quantitative estimate of drug-likeness (QED) is 0.655. The van der Waals surface area contributed by atoms with Crippen LogP contribution in [0.15, 0.2) is 36.4 Å². The Morgan fingerprint density at radius 3 is 2.81 bits per heavy atom. The monoisotopic (exact) mass is 371 g/mol. The predicted octanol–water partition coefficient (Wildman–Crippen LogP) is 4.79. The molecule has 4 nitrogen and oxygen atoms in total. The van der Waals surface area contributed by atoms with E-state index in [9.17, 15) is 4.39 Å². The van der Waals surface area contributed by atoms with Crippen molar-refractivity contribution >= 4 is 33.9 Å². The summed E-state index contributed by atoms with van der Waals surface area (Å²) in [5.74, 6) is 1.28. The number of anilines is 1. The summed E-state index contributed by atoms with van der Waals surface area (Å²) in [5.41, 5.74) is 3.51. The first-order chi connectivity index (χ1) is 12.3. The van der Waals surface area contributed by atoms with Crippen LogP contribution in [0.3, 0.4) is 0 Å². The molecule has 0 radical (unpaired) electrons. The van der Waals surface area contributed by atoms with Gasteiger partial charge in [-0.05, 0) is 51.1 Å². The number of imidazole rings is 1. The molecule has 3 aromatic rings. The zero-order chi connectivity index (χ0) is 18.8. The number of para-hydroxylation sites is 1. The Morgan fingerprint density at radius 2 is 2.08 bits per heavy atom.